The van der Waals surface area contributed by atoms with Gasteiger partial charge in [0.15, 0.2) is 5.82 Å². The van der Waals surface area contributed by atoms with Gasteiger partial charge in [0.25, 0.3) is 5.56 Å². The maximum Gasteiger partial charge on any atom is 0.294 e. The second-order valence-electron chi connectivity index (χ2n) is 4.30. The zero-order valence-electron chi connectivity index (χ0n) is 9.97. The Hall–Kier alpha value is -2.64. The molecule has 2 aromatic rings. The van der Waals surface area contributed by atoms with Gasteiger partial charge in [0.1, 0.15) is 0 Å². The van der Waals surface area contributed by atoms with Crippen molar-refractivity contribution in [3.8, 4) is 5.82 Å². The van der Waals surface area contributed by atoms with Crippen LogP contribution in [0.4, 0.5) is 0 Å². The summed E-state index contributed by atoms with van der Waals surface area (Å²) in [5.41, 5.74) is 5.30. The molecule has 0 spiro atoms. The molecule has 0 bridgehead atoms. The summed E-state index contributed by atoms with van der Waals surface area (Å²) >= 11 is 0. The van der Waals surface area contributed by atoms with E-state index in [2.05, 4.69) is 15.1 Å². The highest BCUT2D eigenvalue weighted by Gasteiger charge is 2.26. The summed E-state index contributed by atoms with van der Waals surface area (Å²) in [7, 11) is 0. The number of hydrogen-bond acceptors (Lipinski definition) is 5. The summed E-state index contributed by atoms with van der Waals surface area (Å²) in [4.78, 5) is 20.3. The molecule has 0 unspecified atom stereocenters. The molecule has 1 aliphatic carbocycles. The first-order valence-corrected chi connectivity index (χ1v) is 5.81. The third-order valence-electron chi connectivity index (χ3n) is 3.00. The zero-order chi connectivity index (χ0) is 13.4. The molecule has 0 radical (unpaired) electrons. The van der Waals surface area contributed by atoms with E-state index in [0.717, 1.165) is 12.8 Å². The van der Waals surface area contributed by atoms with Gasteiger partial charge in [0, 0.05) is 30.8 Å². The molecule has 1 fully saturated rings. The van der Waals surface area contributed by atoms with E-state index in [0.29, 0.717) is 0 Å². The van der Waals surface area contributed by atoms with Gasteiger partial charge < -0.3 is 15.5 Å². The molecule has 0 aromatic carbocycles. The van der Waals surface area contributed by atoms with Gasteiger partial charge in [-0.1, -0.05) is 5.16 Å². The Kier molecular flexibility index (Phi) is 2.55. The lowest BCUT2D eigenvalue weighted by atomic mass is 10.5. The molecule has 0 atom stereocenters. The number of oxime groups is 1. The van der Waals surface area contributed by atoms with Crippen molar-refractivity contribution in [2.24, 2.45) is 10.9 Å². The number of nitrogens with two attached hydrogens (primary N) is 1. The molecule has 0 saturated heterocycles. The van der Waals surface area contributed by atoms with Crippen LogP contribution in [0.25, 0.3) is 5.82 Å². The summed E-state index contributed by atoms with van der Waals surface area (Å²) in [5, 5.41) is 11.6. The zero-order valence-corrected chi connectivity index (χ0v) is 9.97. The molecule has 19 heavy (non-hydrogen) atoms. The molecule has 8 heteroatoms. The van der Waals surface area contributed by atoms with Crippen molar-refractivity contribution in [1.82, 2.24) is 19.1 Å². The van der Waals surface area contributed by atoms with Crippen LogP contribution < -0.4 is 11.3 Å². The highest BCUT2D eigenvalue weighted by atomic mass is 16.4. The molecule has 8 nitrogen and oxygen atoms in total. The fourth-order valence-electron chi connectivity index (χ4n) is 1.93. The van der Waals surface area contributed by atoms with E-state index in [4.69, 9.17) is 10.9 Å². The van der Waals surface area contributed by atoms with Crippen LogP contribution in [0.15, 0.2) is 34.7 Å². The Morgan fingerprint density at radius 2 is 2.11 bits per heavy atom. The van der Waals surface area contributed by atoms with Gasteiger partial charge in [-0.15, -0.1) is 0 Å². The fourth-order valence-corrected chi connectivity index (χ4v) is 1.93. The van der Waals surface area contributed by atoms with Crippen molar-refractivity contribution in [2.45, 2.75) is 18.9 Å². The van der Waals surface area contributed by atoms with Crippen molar-refractivity contribution in [3.63, 3.8) is 0 Å². The van der Waals surface area contributed by atoms with Gasteiger partial charge in [-0.05, 0) is 12.8 Å². The normalized spacial score (nSPS) is 15.7. The lowest BCUT2D eigenvalue weighted by Gasteiger charge is -2.08. The van der Waals surface area contributed by atoms with Gasteiger partial charge in [0.2, 0.25) is 11.7 Å². The van der Waals surface area contributed by atoms with Gasteiger partial charge in [-0.2, -0.15) is 0 Å². The van der Waals surface area contributed by atoms with Crippen LogP contribution in [-0.2, 0) is 0 Å². The number of hydrogen-bond donors (Lipinski definition) is 2. The van der Waals surface area contributed by atoms with E-state index in [1.165, 1.54) is 10.8 Å². The third-order valence-corrected chi connectivity index (χ3v) is 3.00. The molecule has 0 aliphatic heterocycles. The van der Waals surface area contributed by atoms with Crippen molar-refractivity contribution in [1.29, 1.82) is 0 Å². The topological polar surface area (TPSA) is 111 Å². The molecular formula is C11H12N6O2. The molecule has 98 valence electrons. The van der Waals surface area contributed by atoms with E-state index in [1.807, 2.05) is 0 Å². The predicted molar refractivity (Wildman–Crippen MR) is 66.4 cm³/mol. The first-order chi connectivity index (χ1) is 9.22. The van der Waals surface area contributed by atoms with Crippen LogP contribution in [0.3, 0.4) is 0 Å². The molecule has 3 N–H and O–H groups in total. The van der Waals surface area contributed by atoms with E-state index in [-0.39, 0.29) is 29.1 Å². The summed E-state index contributed by atoms with van der Waals surface area (Å²) in [6.07, 6.45) is 8.24. The highest BCUT2D eigenvalue weighted by molar-refractivity contribution is 5.94. The van der Waals surface area contributed by atoms with Crippen molar-refractivity contribution in [2.75, 3.05) is 0 Å². The van der Waals surface area contributed by atoms with Crippen LogP contribution >= 0.6 is 0 Å². The Bertz CT molecular complexity index is 697. The summed E-state index contributed by atoms with van der Waals surface area (Å²) < 4.78 is 3.06. The third kappa shape index (κ3) is 1.86. The number of imidazole rings is 1. The average molecular weight is 260 g/mol. The van der Waals surface area contributed by atoms with Crippen LogP contribution in [0.2, 0.25) is 0 Å². The first-order valence-electron chi connectivity index (χ1n) is 5.81. The summed E-state index contributed by atoms with van der Waals surface area (Å²) in [6.45, 7) is 0. The molecule has 0 amide bonds. The number of aromatic nitrogens is 4. The maximum atomic E-state index is 12.3. The summed E-state index contributed by atoms with van der Waals surface area (Å²) in [5.74, 6) is 0.196. The Labute approximate surface area is 107 Å². The van der Waals surface area contributed by atoms with E-state index >= 15 is 0 Å². The molecule has 1 aliphatic rings. The molecule has 2 aromatic heterocycles. The minimum Gasteiger partial charge on any atom is -0.409 e. The van der Waals surface area contributed by atoms with Gasteiger partial charge >= 0.3 is 0 Å². The molecular weight excluding hydrogens is 248 g/mol. The monoisotopic (exact) mass is 260 g/mol. The van der Waals surface area contributed by atoms with Crippen molar-refractivity contribution < 1.29 is 5.21 Å². The van der Waals surface area contributed by atoms with E-state index in [1.54, 1.807) is 23.2 Å². The predicted octanol–water partition coefficient (Wildman–Crippen LogP) is -0.142. The minimum absolute atomic E-state index is 0.173. The van der Waals surface area contributed by atoms with E-state index in [9.17, 15) is 4.79 Å². The number of amidine groups is 1. The van der Waals surface area contributed by atoms with Gasteiger partial charge in [-0.3, -0.25) is 9.36 Å². The number of rotatable bonds is 3. The first kappa shape index (κ1) is 11.5. The van der Waals surface area contributed by atoms with Crippen LogP contribution in [-0.4, -0.2) is 30.1 Å². The molecule has 1 saturated carbocycles. The number of nitrogens with zero attached hydrogens (tertiary/aromatic N) is 5. The van der Waals surface area contributed by atoms with Crippen LogP contribution in [0.1, 0.15) is 24.7 Å². The second kappa shape index (κ2) is 4.23. The smallest absolute Gasteiger partial charge is 0.294 e. The van der Waals surface area contributed by atoms with E-state index < -0.39 is 0 Å². The van der Waals surface area contributed by atoms with Gasteiger partial charge in [-0.25, -0.2) is 9.97 Å². The minimum atomic E-state index is -0.213. The largest absolute Gasteiger partial charge is 0.409 e. The van der Waals surface area contributed by atoms with Gasteiger partial charge in [0.05, 0.1) is 0 Å². The quantitative estimate of drug-likeness (QED) is 0.345. The summed E-state index contributed by atoms with van der Waals surface area (Å²) in [6, 6.07) is 0.255. The fraction of sp³-hybridized carbons (Fsp3) is 0.273. The van der Waals surface area contributed by atoms with Crippen molar-refractivity contribution in [3.05, 3.63) is 41.0 Å². The second-order valence-corrected chi connectivity index (χ2v) is 4.30. The highest BCUT2D eigenvalue weighted by Crippen LogP contribution is 2.33. The standard InChI is InChI=1S/C11H12N6O2/c12-8(15-19)9-13-4-6-17(9)10-11(18)16(5-3-14-10)7-1-2-7/h3-7,19H,1-2H2,(H2,12,15). The lowest BCUT2D eigenvalue weighted by molar-refractivity contribution is 0.318. The Morgan fingerprint density at radius 1 is 1.37 bits per heavy atom. The Morgan fingerprint density at radius 3 is 2.79 bits per heavy atom. The molecule has 2 heterocycles. The van der Waals surface area contributed by atoms with Crippen LogP contribution in [0.5, 0.6) is 0 Å². The van der Waals surface area contributed by atoms with Crippen LogP contribution in [0, 0.1) is 0 Å². The maximum absolute atomic E-state index is 12.3. The average Bonchev–Trinajstić information content (AvgIpc) is 3.15. The molecule has 3 rings (SSSR count). The van der Waals surface area contributed by atoms with Crippen molar-refractivity contribution >= 4 is 5.84 Å². The SMILES string of the molecule is NC(=NO)c1nccn1-c1nccn(C2CC2)c1=O. The Balaban J connectivity index is 2.15. The lowest BCUT2D eigenvalue weighted by Crippen LogP contribution is -2.27.